The van der Waals surface area contributed by atoms with Crippen LogP contribution in [0.15, 0.2) is 23.7 Å². The van der Waals surface area contributed by atoms with Crippen LogP contribution in [0.25, 0.3) is 0 Å². The van der Waals surface area contributed by atoms with Crippen LogP contribution in [0.3, 0.4) is 0 Å². The van der Waals surface area contributed by atoms with E-state index < -0.39 is 0 Å². The zero-order chi connectivity index (χ0) is 13.1. The average molecular weight is 282 g/mol. The number of thiazole rings is 1. The molecule has 1 aromatic carbocycles. The highest BCUT2D eigenvalue weighted by Gasteiger charge is 2.14. The van der Waals surface area contributed by atoms with Crippen molar-refractivity contribution in [3.05, 3.63) is 44.9 Å². The summed E-state index contributed by atoms with van der Waals surface area (Å²) < 4.78 is 0. The molecule has 0 spiro atoms. The topological polar surface area (TPSA) is 68.0 Å². The maximum absolute atomic E-state index is 12.0. The maximum Gasteiger partial charge on any atom is 0.255 e. The molecule has 1 heterocycles. The molecule has 2 rings (SSSR count). The number of rotatable bonds is 3. The number of benzene rings is 1. The van der Waals surface area contributed by atoms with E-state index in [1.807, 2.05) is 6.92 Å². The zero-order valence-corrected chi connectivity index (χ0v) is 11.3. The Balaban J connectivity index is 2.11. The summed E-state index contributed by atoms with van der Waals surface area (Å²) in [5, 5.41) is 3.15. The fourth-order valence-corrected chi connectivity index (χ4v) is 2.51. The molecule has 1 aromatic heterocycles. The van der Waals surface area contributed by atoms with Crippen molar-refractivity contribution >= 4 is 34.5 Å². The third-order valence-corrected chi connectivity index (χ3v) is 3.78. The summed E-state index contributed by atoms with van der Waals surface area (Å²) in [6.07, 6.45) is 0. The molecule has 18 heavy (non-hydrogen) atoms. The molecule has 0 saturated carbocycles. The largest absolute Gasteiger partial charge is 0.398 e. The molecule has 0 atom stereocenters. The molecule has 3 N–H and O–H groups in total. The molecule has 0 fully saturated rings. The first-order valence-corrected chi connectivity index (χ1v) is 6.56. The summed E-state index contributed by atoms with van der Waals surface area (Å²) in [5.74, 6) is -0.272. The van der Waals surface area contributed by atoms with E-state index in [2.05, 4.69) is 10.3 Å². The van der Waals surface area contributed by atoms with Crippen LogP contribution in [0, 0.1) is 6.92 Å². The van der Waals surface area contributed by atoms with Crippen LogP contribution in [0.5, 0.6) is 0 Å². The van der Waals surface area contributed by atoms with Gasteiger partial charge in [-0.1, -0.05) is 17.7 Å². The summed E-state index contributed by atoms with van der Waals surface area (Å²) in [4.78, 5) is 17.1. The van der Waals surface area contributed by atoms with Gasteiger partial charge in [0.15, 0.2) is 0 Å². The lowest BCUT2D eigenvalue weighted by atomic mass is 10.1. The van der Waals surface area contributed by atoms with Crippen molar-refractivity contribution in [1.82, 2.24) is 10.3 Å². The Morgan fingerprint density at radius 2 is 2.33 bits per heavy atom. The highest BCUT2D eigenvalue weighted by molar-refractivity contribution is 7.09. The van der Waals surface area contributed by atoms with E-state index in [4.69, 9.17) is 17.3 Å². The summed E-state index contributed by atoms with van der Waals surface area (Å²) >= 11 is 7.47. The number of nitrogen functional groups attached to an aromatic ring is 1. The molecule has 0 bridgehead atoms. The molecular weight excluding hydrogens is 270 g/mol. The van der Waals surface area contributed by atoms with Crippen molar-refractivity contribution in [2.45, 2.75) is 13.5 Å². The van der Waals surface area contributed by atoms with Crippen LogP contribution in [-0.4, -0.2) is 10.9 Å². The van der Waals surface area contributed by atoms with E-state index in [0.717, 1.165) is 10.6 Å². The van der Waals surface area contributed by atoms with Gasteiger partial charge in [0.1, 0.15) is 0 Å². The third kappa shape index (κ3) is 2.63. The van der Waals surface area contributed by atoms with Crippen molar-refractivity contribution in [3.63, 3.8) is 0 Å². The van der Waals surface area contributed by atoms with Gasteiger partial charge in [-0.3, -0.25) is 4.79 Å². The standard InChI is InChI=1S/C12H12ClN3OS/c1-7-10(18-6-16-7)5-15-12(17)11-8(13)3-2-4-9(11)14/h2-4,6H,5,14H2,1H3,(H,15,17). The van der Waals surface area contributed by atoms with Crippen LogP contribution < -0.4 is 11.1 Å². The number of hydrogen-bond acceptors (Lipinski definition) is 4. The second-order valence-electron chi connectivity index (χ2n) is 3.75. The summed E-state index contributed by atoms with van der Waals surface area (Å²) in [6, 6.07) is 5.01. The van der Waals surface area contributed by atoms with Crippen LogP contribution >= 0.6 is 22.9 Å². The number of hydrogen-bond donors (Lipinski definition) is 2. The smallest absolute Gasteiger partial charge is 0.255 e. The van der Waals surface area contributed by atoms with E-state index in [-0.39, 0.29) is 5.91 Å². The van der Waals surface area contributed by atoms with E-state index in [1.54, 1.807) is 23.7 Å². The summed E-state index contributed by atoms with van der Waals surface area (Å²) in [5.41, 5.74) is 9.12. The highest BCUT2D eigenvalue weighted by atomic mass is 35.5. The van der Waals surface area contributed by atoms with E-state index in [9.17, 15) is 4.79 Å². The fourth-order valence-electron chi connectivity index (χ4n) is 1.53. The number of nitrogens with one attached hydrogen (secondary N) is 1. The molecule has 0 aliphatic carbocycles. The molecule has 0 aliphatic rings. The first-order valence-electron chi connectivity index (χ1n) is 5.30. The fraction of sp³-hybridized carbons (Fsp3) is 0.167. The van der Waals surface area contributed by atoms with Crippen LogP contribution in [0.1, 0.15) is 20.9 Å². The lowest BCUT2D eigenvalue weighted by molar-refractivity contribution is 0.0952. The molecule has 4 nitrogen and oxygen atoms in total. The number of aryl methyl sites for hydroxylation is 1. The summed E-state index contributed by atoms with van der Waals surface area (Å²) in [7, 11) is 0. The molecule has 0 unspecified atom stereocenters. The van der Waals surface area contributed by atoms with E-state index in [0.29, 0.717) is 22.8 Å². The number of nitrogens with zero attached hydrogens (tertiary/aromatic N) is 1. The van der Waals surface area contributed by atoms with E-state index in [1.165, 1.54) is 11.3 Å². The van der Waals surface area contributed by atoms with Crippen molar-refractivity contribution in [2.24, 2.45) is 0 Å². The predicted molar refractivity (Wildman–Crippen MR) is 73.9 cm³/mol. The van der Waals surface area contributed by atoms with E-state index >= 15 is 0 Å². The number of anilines is 1. The summed E-state index contributed by atoms with van der Waals surface area (Å²) in [6.45, 7) is 2.34. The minimum Gasteiger partial charge on any atom is -0.398 e. The Labute approximate surface area is 114 Å². The molecular formula is C12H12ClN3OS. The Kier molecular flexibility index (Phi) is 3.84. The van der Waals surface area contributed by atoms with Gasteiger partial charge in [-0.2, -0.15) is 0 Å². The Morgan fingerprint density at radius 1 is 1.56 bits per heavy atom. The van der Waals surface area contributed by atoms with Gasteiger partial charge in [-0.25, -0.2) is 4.98 Å². The quantitative estimate of drug-likeness (QED) is 0.850. The number of nitrogens with two attached hydrogens (primary N) is 1. The number of halogens is 1. The molecule has 2 aromatic rings. The third-order valence-electron chi connectivity index (χ3n) is 2.53. The van der Waals surface area contributed by atoms with Gasteiger partial charge in [-0.15, -0.1) is 11.3 Å². The molecule has 6 heteroatoms. The second kappa shape index (κ2) is 5.37. The number of amides is 1. The van der Waals surface area contributed by atoms with Crippen LogP contribution in [-0.2, 0) is 6.54 Å². The van der Waals surface area contributed by atoms with Crippen LogP contribution in [0.2, 0.25) is 5.02 Å². The van der Waals surface area contributed by atoms with Crippen LogP contribution in [0.4, 0.5) is 5.69 Å². The normalized spacial score (nSPS) is 10.3. The minimum absolute atomic E-state index is 0.272. The van der Waals surface area contributed by atoms with Gasteiger partial charge in [0.05, 0.1) is 28.3 Å². The molecule has 94 valence electrons. The van der Waals surface area contributed by atoms with Gasteiger partial charge < -0.3 is 11.1 Å². The van der Waals surface area contributed by atoms with Gasteiger partial charge in [0.2, 0.25) is 0 Å². The first-order chi connectivity index (χ1) is 8.59. The maximum atomic E-state index is 12.0. The molecule has 0 radical (unpaired) electrons. The Morgan fingerprint density at radius 3 is 2.94 bits per heavy atom. The number of aromatic nitrogens is 1. The minimum atomic E-state index is -0.272. The highest BCUT2D eigenvalue weighted by Crippen LogP contribution is 2.22. The number of carbonyl (C=O) groups is 1. The van der Waals surface area contributed by atoms with Crippen molar-refractivity contribution in [1.29, 1.82) is 0 Å². The lowest BCUT2D eigenvalue weighted by Gasteiger charge is -2.08. The van der Waals surface area contributed by atoms with Crippen molar-refractivity contribution in [3.8, 4) is 0 Å². The van der Waals surface area contributed by atoms with Gasteiger partial charge in [0, 0.05) is 10.6 Å². The lowest BCUT2D eigenvalue weighted by Crippen LogP contribution is -2.24. The molecule has 1 amide bonds. The Bertz CT molecular complexity index is 562. The number of carbonyl (C=O) groups excluding carboxylic acids is 1. The SMILES string of the molecule is Cc1ncsc1CNC(=O)c1c(N)cccc1Cl. The van der Waals surface area contributed by atoms with Crippen molar-refractivity contribution < 1.29 is 4.79 Å². The van der Waals surface area contributed by atoms with Gasteiger partial charge in [-0.05, 0) is 19.1 Å². The van der Waals surface area contributed by atoms with Gasteiger partial charge in [0.25, 0.3) is 5.91 Å². The molecule has 0 saturated heterocycles. The monoisotopic (exact) mass is 281 g/mol. The average Bonchev–Trinajstić information content (AvgIpc) is 2.72. The zero-order valence-electron chi connectivity index (χ0n) is 9.74. The van der Waals surface area contributed by atoms with Crippen molar-refractivity contribution in [2.75, 3.05) is 5.73 Å². The second-order valence-corrected chi connectivity index (χ2v) is 5.09. The molecule has 0 aliphatic heterocycles. The predicted octanol–water partition coefficient (Wildman–Crippen LogP) is 2.62. The Hall–Kier alpha value is -1.59. The van der Waals surface area contributed by atoms with Gasteiger partial charge >= 0.3 is 0 Å². The first kappa shape index (κ1) is 12.9.